The van der Waals surface area contributed by atoms with Gasteiger partial charge in [0, 0.05) is 24.3 Å². The molecular formula is C16H30N4. The fraction of sp³-hybridized carbons (Fsp3) is 0.812. The van der Waals surface area contributed by atoms with Crippen LogP contribution in [0.5, 0.6) is 0 Å². The number of nitrogens with two attached hydrogens (primary N) is 1. The third-order valence-corrected chi connectivity index (χ3v) is 5.06. The van der Waals surface area contributed by atoms with E-state index >= 15 is 0 Å². The lowest BCUT2D eigenvalue weighted by atomic mass is 9.70. The summed E-state index contributed by atoms with van der Waals surface area (Å²) in [5.41, 5.74) is 8.06. The van der Waals surface area contributed by atoms with Crippen LogP contribution in [0.4, 0.5) is 0 Å². The molecule has 3 atom stereocenters. The van der Waals surface area contributed by atoms with Crippen molar-refractivity contribution in [2.24, 2.45) is 11.7 Å². The van der Waals surface area contributed by atoms with E-state index in [0.29, 0.717) is 0 Å². The van der Waals surface area contributed by atoms with Crippen molar-refractivity contribution in [2.45, 2.75) is 64.1 Å². The summed E-state index contributed by atoms with van der Waals surface area (Å²) in [6.45, 7) is 5.39. The Kier molecular flexibility index (Phi) is 4.86. The molecule has 1 aromatic heterocycles. The Morgan fingerprint density at radius 2 is 2.30 bits per heavy atom. The molecule has 114 valence electrons. The van der Waals surface area contributed by atoms with Crippen LogP contribution in [0.25, 0.3) is 0 Å². The Hall–Kier alpha value is -0.870. The molecule has 20 heavy (non-hydrogen) atoms. The number of likely N-dealkylation sites (N-methyl/N-ethyl adjacent to an activating group) is 1. The molecule has 3 unspecified atom stereocenters. The Morgan fingerprint density at radius 1 is 1.55 bits per heavy atom. The van der Waals surface area contributed by atoms with E-state index in [1.807, 2.05) is 10.9 Å². The maximum atomic E-state index is 6.65. The minimum Gasteiger partial charge on any atom is -0.326 e. The molecule has 1 fully saturated rings. The zero-order valence-corrected chi connectivity index (χ0v) is 13.5. The Labute approximate surface area is 123 Å². The van der Waals surface area contributed by atoms with Crippen molar-refractivity contribution >= 4 is 0 Å². The molecule has 1 heterocycles. The van der Waals surface area contributed by atoms with Gasteiger partial charge in [-0.25, -0.2) is 0 Å². The van der Waals surface area contributed by atoms with Gasteiger partial charge in [0.15, 0.2) is 0 Å². The summed E-state index contributed by atoms with van der Waals surface area (Å²) in [6.07, 6.45) is 10.1. The number of hydrogen-bond acceptors (Lipinski definition) is 3. The molecule has 0 bridgehead atoms. The van der Waals surface area contributed by atoms with E-state index in [0.717, 1.165) is 18.9 Å². The van der Waals surface area contributed by atoms with E-state index in [1.54, 1.807) is 0 Å². The molecule has 0 aromatic carbocycles. The van der Waals surface area contributed by atoms with Gasteiger partial charge in [-0.05, 0) is 51.8 Å². The number of rotatable bonds is 5. The van der Waals surface area contributed by atoms with Crippen molar-refractivity contribution < 1.29 is 0 Å². The lowest BCUT2D eigenvalue weighted by molar-refractivity contribution is 0.0504. The molecule has 2 N–H and O–H groups in total. The van der Waals surface area contributed by atoms with E-state index < -0.39 is 0 Å². The standard InChI is InChI=1S/C16H30N4/c1-5-20-12-14(11-18-20)9-15(17)16(19(3)4)8-6-7-13(2)10-16/h11-13,15H,5-10,17H2,1-4H3. The first kappa shape index (κ1) is 15.5. The van der Waals surface area contributed by atoms with Crippen LogP contribution in [-0.2, 0) is 13.0 Å². The van der Waals surface area contributed by atoms with Crippen molar-refractivity contribution in [3.8, 4) is 0 Å². The van der Waals surface area contributed by atoms with Crippen LogP contribution < -0.4 is 5.73 Å². The number of nitrogens with zero attached hydrogens (tertiary/aromatic N) is 3. The van der Waals surface area contributed by atoms with E-state index in [9.17, 15) is 0 Å². The summed E-state index contributed by atoms with van der Waals surface area (Å²) in [6, 6.07) is 0.176. The second-order valence-electron chi connectivity index (χ2n) is 6.71. The van der Waals surface area contributed by atoms with Gasteiger partial charge in [0.1, 0.15) is 0 Å². The highest BCUT2D eigenvalue weighted by Gasteiger charge is 2.41. The average Bonchev–Trinajstić information content (AvgIpc) is 2.86. The summed E-state index contributed by atoms with van der Waals surface area (Å²) in [4.78, 5) is 2.37. The summed E-state index contributed by atoms with van der Waals surface area (Å²) in [7, 11) is 4.38. The Balaban J connectivity index is 2.12. The van der Waals surface area contributed by atoms with Crippen LogP contribution in [-0.4, -0.2) is 40.4 Å². The number of hydrogen-bond donors (Lipinski definition) is 1. The molecule has 0 radical (unpaired) electrons. The maximum Gasteiger partial charge on any atom is 0.0522 e. The summed E-state index contributed by atoms with van der Waals surface area (Å²) in [5.74, 6) is 0.774. The smallest absolute Gasteiger partial charge is 0.0522 e. The van der Waals surface area contributed by atoms with Crippen molar-refractivity contribution in [2.75, 3.05) is 14.1 Å². The van der Waals surface area contributed by atoms with Crippen molar-refractivity contribution in [1.82, 2.24) is 14.7 Å². The first-order chi connectivity index (χ1) is 9.48. The zero-order chi connectivity index (χ0) is 14.8. The van der Waals surface area contributed by atoms with Crippen LogP contribution in [0.1, 0.15) is 45.1 Å². The van der Waals surface area contributed by atoms with Gasteiger partial charge < -0.3 is 10.6 Å². The lowest BCUT2D eigenvalue weighted by Gasteiger charge is -2.49. The minimum atomic E-state index is 0.145. The van der Waals surface area contributed by atoms with Crippen molar-refractivity contribution in [3.63, 3.8) is 0 Å². The Morgan fingerprint density at radius 3 is 2.85 bits per heavy atom. The lowest BCUT2D eigenvalue weighted by Crippen LogP contribution is -2.60. The molecule has 0 saturated heterocycles. The van der Waals surface area contributed by atoms with Crippen LogP contribution in [0.15, 0.2) is 12.4 Å². The normalized spacial score (nSPS) is 28.8. The molecule has 1 aliphatic carbocycles. The summed E-state index contributed by atoms with van der Waals surface area (Å²) < 4.78 is 1.98. The van der Waals surface area contributed by atoms with Gasteiger partial charge in [-0.2, -0.15) is 5.10 Å². The average molecular weight is 278 g/mol. The highest BCUT2D eigenvalue weighted by Crippen LogP contribution is 2.38. The van der Waals surface area contributed by atoms with Crippen LogP contribution in [0, 0.1) is 5.92 Å². The summed E-state index contributed by atoms with van der Waals surface area (Å²) >= 11 is 0. The van der Waals surface area contributed by atoms with Crippen LogP contribution in [0.2, 0.25) is 0 Å². The topological polar surface area (TPSA) is 47.1 Å². The molecule has 0 aliphatic heterocycles. The SMILES string of the molecule is CCn1cc(CC(N)C2(N(C)C)CCCC(C)C2)cn1. The highest BCUT2D eigenvalue weighted by atomic mass is 15.3. The number of aromatic nitrogens is 2. The van der Waals surface area contributed by atoms with E-state index in [1.165, 1.54) is 31.2 Å². The molecule has 4 nitrogen and oxygen atoms in total. The fourth-order valence-electron chi connectivity index (χ4n) is 3.77. The number of aryl methyl sites for hydroxylation is 1. The van der Waals surface area contributed by atoms with Crippen molar-refractivity contribution in [3.05, 3.63) is 18.0 Å². The van der Waals surface area contributed by atoms with Gasteiger partial charge >= 0.3 is 0 Å². The monoisotopic (exact) mass is 278 g/mol. The van der Waals surface area contributed by atoms with Gasteiger partial charge in [0.25, 0.3) is 0 Å². The molecule has 1 aromatic rings. The van der Waals surface area contributed by atoms with Gasteiger partial charge in [0.05, 0.1) is 6.20 Å². The zero-order valence-electron chi connectivity index (χ0n) is 13.5. The minimum absolute atomic E-state index is 0.145. The molecule has 2 rings (SSSR count). The highest BCUT2D eigenvalue weighted by molar-refractivity contribution is 5.11. The summed E-state index contributed by atoms with van der Waals surface area (Å²) in [5, 5.41) is 4.36. The van der Waals surface area contributed by atoms with Gasteiger partial charge in [0.2, 0.25) is 0 Å². The van der Waals surface area contributed by atoms with Crippen LogP contribution in [0.3, 0.4) is 0 Å². The quantitative estimate of drug-likeness (QED) is 0.899. The van der Waals surface area contributed by atoms with Crippen LogP contribution >= 0.6 is 0 Å². The second-order valence-corrected chi connectivity index (χ2v) is 6.71. The largest absolute Gasteiger partial charge is 0.326 e. The van der Waals surface area contributed by atoms with Crippen molar-refractivity contribution in [1.29, 1.82) is 0 Å². The maximum absolute atomic E-state index is 6.65. The molecule has 4 heteroatoms. The third kappa shape index (κ3) is 3.07. The first-order valence-electron chi connectivity index (χ1n) is 7.92. The molecule has 1 aliphatic rings. The van der Waals surface area contributed by atoms with Gasteiger partial charge in [-0.15, -0.1) is 0 Å². The van der Waals surface area contributed by atoms with E-state index in [2.05, 4.69) is 44.1 Å². The van der Waals surface area contributed by atoms with Gasteiger partial charge in [-0.3, -0.25) is 4.68 Å². The van der Waals surface area contributed by atoms with E-state index in [-0.39, 0.29) is 11.6 Å². The Bertz CT molecular complexity index is 426. The molecule has 0 amide bonds. The van der Waals surface area contributed by atoms with E-state index in [4.69, 9.17) is 5.73 Å². The van der Waals surface area contributed by atoms with Gasteiger partial charge in [-0.1, -0.05) is 19.8 Å². The second kappa shape index (κ2) is 6.27. The first-order valence-corrected chi connectivity index (χ1v) is 7.92. The predicted molar refractivity (Wildman–Crippen MR) is 83.6 cm³/mol. The molecule has 0 spiro atoms. The predicted octanol–water partition coefficient (Wildman–Crippen LogP) is 2.28. The fourth-order valence-corrected chi connectivity index (χ4v) is 3.77. The molecular weight excluding hydrogens is 248 g/mol. The third-order valence-electron chi connectivity index (χ3n) is 5.06. The molecule has 1 saturated carbocycles.